The molecule has 0 saturated carbocycles. The number of fused-ring (bicyclic) bond motifs is 1. The summed E-state index contributed by atoms with van der Waals surface area (Å²) in [6.45, 7) is 10.4. The second-order valence-electron chi connectivity index (χ2n) is 8.01. The van der Waals surface area contributed by atoms with Crippen molar-refractivity contribution < 1.29 is 9.31 Å². The van der Waals surface area contributed by atoms with E-state index in [0.717, 1.165) is 22.3 Å². The number of aromatic nitrogens is 1. The van der Waals surface area contributed by atoms with Crippen molar-refractivity contribution in [3.63, 3.8) is 0 Å². The summed E-state index contributed by atoms with van der Waals surface area (Å²) in [6, 6.07) is 16.7. The van der Waals surface area contributed by atoms with Crippen molar-refractivity contribution in [3.05, 3.63) is 60.3 Å². The summed E-state index contributed by atoms with van der Waals surface area (Å²) in [5, 5.41) is 2.36. The van der Waals surface area contributed by atoms with Crippen LogP contribution in [0.3, 0.4) is 0 Å². The lowest BCUT2D eigenvalue weighted by molar-refractivity contribution is 0.00578. The minimum Gasteiger partial charge on any atom is -0.399 e. The van der Waals surface area contributed by atoms with Gasteiger partial charge in [0.2, 0.25) is 0 Å². The molecular weight excluding hydrogens is 321 g/mol. The molecule has 26 heavy (non-hydrogen) atoms. The third kappa shape index (κ3) is 2.65. The molecule has 0 aliphatic carbocycles. The largest absolute Gasteiger partial charge is 0.495 e. The van der Waals surface area contributed by atoms with Gasteiger partial charge in [0.1, 0.15) is 0 Å². The van der Waals surface area contributed by atoms with E-state index in [9.17, 15) is 0 Å². The van der Waals surface area contributed by atoms with Crippen molar-refractivity contribution in [2.45, 2.75) is 45.8 Å². The minimum atomic E-state index is -0.416. The van der Waals surface area contributed by atoms with Crippen molar-refractivity contribution >= 4 is 23.4 Å². The van der Waals surface area contributed by atoms with Gasteiger partial charge in [-0.3, -0.25) is 4.98 Å². The Morgan fingerprint density at radius 3 is 2.23 bits per heavy atom. The molecule has 132 valence electrons. The minimum absolute atomic E-state index is 0.375. The van der Waals surface area contributed by atoms with E-state index < -0.39 is 7.12 Å². The van der Waals surface area contributed by atoms with E-state index >= 15 is 0 Å². The van der Waals surface area contributed by atoms with Crippen LogP contribution in [0.2, 0.25) is 0 Å². The average Bonchev–Trinajstić information content (AvgIpc) is 2.82. The molecular formula is C22H24BNO2. The summed E-state index contributed by atoms with van der Waals surface area (Å²) in [5.74, 6) is 0. The van der Waals surface area contributed by atoms with Gasteiger partial charge in [-0.1, -0.05) is 42.5 Å². The van der Waals surface area contributed by atoms with Crippen LogP contribution >= 0.6 is 0 Å². The Bertz CT molecular complexity index is 965. The van der Waals surface area contributed by atoms with E-state index in [0.29, 0.717) is 0 Å². The summed E-state index contributed by atoms with van der Waals surface area (Å²) in [6.07, 6.45) is 1.85. The van der Waals surface area contributed by atoms with E-state index in [4.69, 9.17) is 14.3 Å². The van der Waals surface area contributed by atoms with E-state index in [-0.39, 0.29) is 11.2 Å². The molecule has 0 amide bonds. The zero-order valence-electron chi connectivity index (χ0n) is 16.0. The predicted molar refractivity (Wildman–Crippen MR) is 108 cm³/mol. The van der Waals surface area contributed by atoms with Crippen molar-refractivity contribution in [2.75, 3.05) is 0 Å². The Balaban J connectivity index is 1.97. The lowest BCUT2D eigenvalue weighted by Crippen LogP contribution is -2.41. The van der Waals surface area contributed by atoms with Crippen LogP contribution in [0.4, 0.5) is 0 Å². The predicted octanol–water partition coefficient (Wildman–Crippen LogP) is 4.51. The van der Waals surface area contributed by atoms with Gasteiger partial charge in [-0.2, -0.15) is 0 Å². The summed E-state index contributed by atoms with van der Waals surface area (Å²) >= 11 is 0. The fraction of sp³-hybridized carbons (Fsp3) is 0.318. The summed E-state index contributed by atoms with van der Waals surface area (Å²) in [5.41, 5.74) is 3.50. The molecule has 2 aromatic carbocycles. The van der Waals surface area contributed by atoms with Crippen LogP contribution in [-0.4, -0.2) is 23.3 Å². The Hall–Kier alpha value is -2.17. The third-order valence-electron chi connectivity index (χ3n) is 5.71. The molecule has 0 unspecified atom stereocenters. The number of hydrogen-bond donors (Lipinski definition) is 0. The average molecular weight is 345 g/mol. The van der Waals surface area contributed by atoms with Gasteiger partial charge in [-0.05, 0) is 62.5 Å². The topological polar surface area (TPSA) is 31.4 Å². The quantitative estimate of drug-likeness (QED) is 0.641. The zero-order chi connectivity index (χ0) is 18.5. The maximum absolute atomic E-state index is 6.35. The van der Waals surface area contributed by atoms with Crippen molar-refractivity contribution in [1.82, 2.24) is 4.98 Å². The number of pyridine rings is 1. The normalized spacial score (nSPS) is 18.4. The molecule has 0 N–H and O–H groups in total. The highest BCUT2D eigenvalue weighted by Gasteiger charge is 2.52. The van der Waals surface area contributed by atoms with Crippen molar-refractivity contribution in [1.29, 1.82) is 0 Å². The standard InChI is InChI=1S/C22H24BNO2/c1-15-9-8-14-24-20(15)19-17-11-7-6-10-16(17)12-13-18(19)23-25-21(2,3)22(4,5)26-23/h6-14H,1-5H3. The first-order valence-electron chi connectivity index (χ1n) is 9.09. The molecule has 2 heterocycles. The monoisotopic (exact) mass is 345 g/mol. The van der Waals surface area contributed by atoms with Crippen LogP contribution < -0.4 is 5.46 Å². The first-order chi connectivity index (χ1) is 12.3. The molecule has 1 aliphatic rings. The first-order valence-corrected chi connectivity index (χ1v) is 9.09. The molecule has 0 atom stereocenters. The van der Waals surface area contributed by atoms with Crippen molar-refractivity contribution in [3.8, 4) is 11.3 Å². The number of aryl methyl sites for hydroxylation is 1. The number of hydrogen-bond acceptors (Lipinski definition) is 3. The zero-order valence-corrected chi connectivity index (χ0v) is 16.0. The van der Waals surface area contributed by atoms with Gasteiger partial charge >= 0.3 is 7.12 Å². The lowest BCUT2D eigenvalue weighted by atomic mass is 9.73. The van der Waals surface area contributed by atoms with Crippen LogP contribution in [0.1, 0.15) is 33.3 Å². The van der Waals surface area contributed by atoms with Gasteiger partial charge in [0, 0.05) is 11.8 Å². The number of benzene rings is 2. The first kappa shape index (κ1) is 17.3. The van der Waals surface area contributed by atoms with Crippen molar-refractivity contribution in [2.24, 2.45) is 0 Å². The highest BCUT2D eigenvalue weighted by Crippen LogP contribution is 2.38. The highest BCUT2D eigenvalue weighted by molar-refractivity contribution is 6.64. The molecule has 0 radical (unpaired) electrons. The van der Waals surface area contributed by atoms with E-state index in [1.54, 1.807) is 0 Å². The molecule has 0 spiro atoms. The lowest BCUT2D eigenvalue weighted by Gasteiger charge is -2.32. The summed E-state index contributed by atoms with van der Waals surface area (Å²) in [4.78, 5) is 4.69. The molecule has 1 aromatic heterocycles. The molecule has 1 saturated heterocycles. The molecule has 0 bridgehead atoms. The molecule has 1 aliphatic heterocycles. The van der Waals surface area contributed by atoms with E-state index in [1.165, 1.54) is 10.8 Å². The molecule has 3 aromatic rings. The fourth-order valence-electron chi connectivity index (χ4n) is 3.47. The van der Waals surface area contributed by atoms with Gasteiger partial charge in [0.05, 0.1) is 16.9 Å². The second kappa shape index (κ2) is 5.93. The van der Waals surface area contributed by atoms with Crippen LogP contribution in [0.25, 0.3) is 22.0 Å². The van der Waals surface area contributed by atoms with Crippen LogP contribution in [-0.2, 0) is 9.31 Å². The number of rotatable bonds is 2. The van der Waals surface area contributed by atoms with Gasteiger partial charge < -0.3 is 9.31 Å². The SMILES string of the molecule is Cc1cccnc1-c1c(B2OC(C)(C)C(C)(C)O2)ccc2ccccc12. The summed E-state index contributed by atoms with van der Waals surface area (Å²) in [7, 11) is -0.416. The molecule has 1 fully saturated rings. The Labute approximate surface area is 155 Å². The van der Waals surface area contributed by atoms with Gasteiger partial charge in [-0.15, -0.1) is 0 Å². The maximum atomic E-state index is 6.35. The van der Waals surface area contributed by atoms with Gasteiger partial charge in [0.25, 0.3) is 0 Å². The molecule has 4 rings (SSSR count). The van der Waals surface area contributed by atoms with E-state index in [1.807, 2.05) is 12.3 Å². The van der Waals surface area contributed by atoms with Crippen LogP contribution in [0.5, 0.6) is 0 Å². The Kier molecular flexibility index (Phi) is 3.94. The highest BCUT2D eigenvalue weighted by atomic mass is 16.7. The number of nitrogens with zero attached hydrogens (tertiary/aromatic N) is 1. The Morgan fingerprint density at radius 1 is 0.846 bits per heavy atom. The molecule has 3 nitrogen and oxygen atoms in total. The Morgan fingerprint density at radius 2 is 1.54 bits per heavy atom. The smallest absolute Gasteiger partial charge is 0.399 e. The third-order valence-corrected chi connectivity index (χ3v) is 5.71. The second-order valence-corrected chi connectivity index (χ2v) is 8.01. The van der Waals surface area contributed by atoms with Gasteiger partial charge in [0.15, 0.2) is 0 Å². The van der Waals surface area contributed by atoms with Crippen LogP contribution in [0, 0.1) is 6.92 Å². The maximum Gasteiger partial charge on any atom is 0.495 e. The van der Waals surface area contributed by atoms with E-state index in [2.05, 4.69) is 77.1 Å². The summed E-state index contributed by atoms with van der Waals surface area (Å²) < 4.78 is 12.7. The van der Waals surface area contributed by atoms with Gasteiger partial charge in [-0.25, -0.2) is 0 Å². The fourth-order valence-corrected chi connectivity index (χ4v) is 3.47. The molecule has 4 heteroatoms. The van der Waals surface area contributed by atoms with Crippen LogP contribution in [0.15, 0.2) is 54.7 Å².